The molecule has 0 bridgehead atoms. The average Bonchev–Trinajstić information content (AvgIpc) is 2.50. The second-order valence-corrected chi connectivity index (χ2v) is 6.77. The zero-order chi connectivity index (χ0) is 18.8. The Labute approximate surface area is 147 Å². The second-order valence-electron chi connectivity index (χ2n) is 6.77. The van der Waals surface area contributed by atoms with Crippen LogP contribution in [0.2, 0.25) is 0 Å². The Bertz CT molecular complexity index is 785. The topological polar surface area (TPSA) is 64.8 Å². The lowest BCUT2D eigenvalue weighted by molar-refractivity contribution is 0.0589. The lowest BCUT2D eigenvalue weighted by Gasteiger charge is -2.25. The summed E-state index contributed by atoms with van der Waals surface area (Å²) in [6.07, 6.45) is -0.529. The minimum absolute atomic E-state index is 0.387. The number of ether oxygens (including phenoxy) is 2. The zero-order valence-electron chi connectivity index (χ0n) is 15.1. The molecule has 2 aromatic rings. The SMILES string of the molecule is Cc1ccc(F)cc1Oc1ccc(N)c(N(C)C(=O)OC(C)(C)C)c1. The third-order valence-corrected chi connectivity index (χ3v) is 3.41. The molecule has 0 heterocycles. The van der Waals surface area contributed by atoms with Gasteiger partial charge in [-0.2, -0.15) is 0 Å². The number of carbonyl (C=O) groups excluding carboxylic acids is 1. The third kappa shape index (κ3) is 4.86. The van der Waals surface area contributed by atoms with Gasteiger partial charge in [0.05, 0.1) is 11.4 Å². The summed E-state index contributed by atoms with van der Waals surface area (Å²) >= 11 is 0. The highest BCUT2D eigenvalue weighted by Gasteiger charge is 2.22. The standard InChI is InChI=1S/C19H23FN2O3/c1-12-6-7-13(20)10-17(12)24-14-8-9-15(21)16(11-14)22(5)18(23)25-19(2,3)4/h6-11H,21H2,1-5H3. The molecule has 0 atom stereocenters. The van der Waals surface area contributed by atoms with E-state index >= 15 is 0 Å². The molecule has 2 rings (SSSR count). The van der Waals surface area contributed by atoms with Gasteiger partial charge in [-0.3, -0.25) is 4.90 Å². The van der Waals surface area contributed by atoms with Crippen molar-refractivity contribution in [3.63, 3.8) is 0 Å². The molecule has 0 unspecified atom stereocenters. The van der Waals surface area contributed by atoms with Crippen LogP contribution in [0.3, 0.4) is 0 Å². The van der Waals surface area contributed by atoms with Gasteiger partial charge in [0, 0.05) is 19.2 Å². The predicted molar refractivity (Wildman–Crippen MR) is 96.7 cm³/mol. The van der Waals surface area contributed by atoms with Gasteiger partial charge in [0.1, 0.15) is 22.9 Å². The first kappa shape index (κ1) is 18.6. The van der Waals surface area contributed by atoms with Crippen LogP contribution in [0.1, 0.15) is 26.3 Å². The first-order valence-corrected chi connectivity index (χ1v) is 7.87. The molecule has 0 aromatic heterocycles. The maximum atomic E-state index is 13.4. The number of amides is 1. The van der Waals surface area contributed by atoms with Crippen molar-refractivity contribution in [1.82, 2.24) is 0 Å². The summed E-state index contributed by atoms with van der Waals surface area (Å²) in [5, 5.41) is 0. The van der Waals surface area contributed by atoms with Crippen molar-refractivity contribution >= 4 is 17.5 Å². The minimum Gasteiger partial charge on any atom is -0.457 e. The van der Waals surface area contributed by atoms with E-state index in [1.54, 1.807) is 52.1 Å². The van der Waals surface area contributed by atoms with Crippen molar-refractivity contribution in [3.05, 3.63) is 47.8 Å². The van der Waals surface area contributed by atoms with E-state index in [9.17, 15) is 9.18 Å². The summed E-state index contributed by atoms with van der Waals surface area (Å²) in [5.41, 5.74) is 6.99. The van der Waals surface area contributed by atoms with E-state index in [1.165, 1.54) is 17.0 Å². The third-order valence-electron chi connectivity index (χ3n) is 3.41. The van der Waals surface area contributed by atoms with Crippen LogP contribution in [0.25, 0.3) is 0 Å². The Morgan fingerprint density at radius 2 is 1.84 bits per heavy atom. The van der Waals surface area contributed by atoms with E-state index < -0.39 is 11.7 Å². The lowest BCUT2D eigenvalue weighted by atomic mass is 10.2. The number of hydrogen-bond acceptors (Lipinski definition) is 4. The fourth-order valence-corrected chi connectivity index (χ4v) is 2.12. The van der Waals surface area contributed by atoms with Gasteiger partial charge in [-0.25, -0.2) is 9.18 Å². The monoisotopic (exact) mass is 346 g/mol. The summed E-state index contributed by atoms with van der Waals surface area (Å²) in [6.45, 7) is 7.18. The predicted octanol–water partition coefficient (Wildman–Crippen LogP) is 4.88. The number of benzene rings is 2. The Morgan fingerprint density at radius 3 is 2.48 bits per heavy atom. The maximum Gasteiger partial charge on any atom is 0.414 e. The highest BCUT2D eigenvalue weighted by atomic mass is 19.1. The number of nitrogen functional groups attached to an aromatic ring is 1. The highest BCUT2D eigenvalue weighted by molar-refractivity contribution is 5.91. The van der Waals surface area contributed by atoms with Gasteiger partial charge < -0.3 is 15.2 Å². The first-order chi connectivity index (χ1) is 11.6. The van der Waals surface area contributed by atoms with Gasteiger partial charge in [-0.15, -0.1) is 0 Å². The fraction of sp³-hybridized carbons (Fsp3) is 0.316. The lowest BCUT2D eigenvalue weighted by Crippen LogP contribution is -2.34. The Morgan fingerprint density at radius 1 is 1.16 bits per heavy atom. The molecule has 5 nitrogen and oxygen atoms in total. The van der Waals surface area contributed by atoms with Crippen molar-refractivity contribution in [2.45, 2.75) is 33.3 Å². The minimum atomic E-state index is -0.618. The van der Waals surface area contributed by atoms with Crippen LogP contribution in [0.5, 0.6) is 11.5 Å². The molecular formula is C19H23FN2O3. The Balaban J connectivity index is 2.28. The van der Waals surface area contributed by atoms with E-state index in [0.29, 0.717) is 22.9 Å². The van der Waals surface area contributed by atoms with Crippen molar-refractivity contribution in [2.75, 3.05) is 17.7 Å². The average molecular weight is 346 g/mol. The molecule has 0 radical (unpaired) electrons. The molecule has 0 saturated heterocycles. The number of nitrogens with two attached hydrogens (primary N) is 1. The Hall–Kier alpha value is -2.76. The number of aryl methyl sites for hydroxylation is 1. The molecule has 0 fully saturated rings. The van der Waals surface area contributed by atoms with Gasteiger partial charge in [0.25, 0.3) is 0 Å². The van der Waals surface area contributed by atoms with E-state index in [2.05, 4.69) is 0 Å². The van der Waals surface area contributed by atoms with Crippen molar-refractivity contribution in [2.24, 2.45) is 0 Å². The summed E-state index contributed by atoms with van der Waals surface area (Å²) in [7, 11) is 1.57. The van der Waals surface area contributed by atoms with Crippen LogP contribution in [0, 0.1) is 12.7 Å². The smallest absolute Gasteiger partial charge is 0.414 e. The van der Waals surface area contributed by atoms with Crippen LogP contribution >= 0.6 is 0 Å². The second kappa shape index (κ2) is 7.01. The van der Waals surface area contributed by atoms with Gasteiger partial charge in [-0.05, 0) is 51.5 Å². The molecular weight excluding hydrogens is 323 g/mol. The van der Waals surface area contributed by atoms with E-state index in [1.807, 2.05) is 6.92 Å². The zero-order valence-corrected chi connectivity index (χ0v) is 15.1. The van der Waals surface area contributed by atoms with Crippen molar-refractivity contribution < 1.29 is 18.7 Å². The van der Waals surface area contributed by atoms with Crippen LogP contribution in [-0.4, -0.2) is 18.7 Å². The highest BCUT2D eigenvalue weighted by Crippen LogP contribution is 2.32. The van der Waals surface area contributed by atoms with Gasteiger partial charge in [0.2, 0.25) is 0 Å². The molecule has 134 valence electrons. The largest absolute Gasteiger partial charge is 0.457 e. The van der Waals surface area contributed by atoms with E-state index in [0.717, 1.165) is 5.56 Å². The number of nitrogens with zero attached hydrogens (tertiary/aromatic N) is 1. The van der Waals surface area contributed by atoms with Gasteiger partial charge >= 0.3 is 6.09 Å². The first-order valence-electron chi connectivity index (χ1n) is 7.87. The molecule has 2 aromatic carbocycles. The normalized spacial score (nSPS) is 11.1. The van der Waals surface area contributed by atoms with Crippen molar-refractivity contribution in [1.29, 1.82) is 0 Å². The van der Waals surface area contributed by atoms with Gasteiger partial charge in [0.15, 0.2) is 0 Å². The van der Waals surface area contributed by atoms with Crippen LogP contribution in [-0.2, 0) is 4.74 Å². The molecule has 1 amide bonds. The van der Waals surface area contributed by atoms with Crippen LogP contribution in [0.4, 0.5) is 20.6 Å². The summed E-state index contributed by atoms with van der Waals surface area (Å²) in [6, 6.07) is 9.21. The number of carbonyl (C=O) groups is 1. The van der Waals surface area contributed by atoms with E-state index in [4.69, 9.17) is 15.2 Å². The molecule has 25 heavy (non-hydrogen) atoms. The maximum absolute atomic E-state index is 13.4. The van der Waals surface area contributed by atoms with Crippen LogP contribution in [0.15, 0.2) is 36.4 Å². The molecule has 0 aliphatic heterocycles. The summed E-state index contributed by atoms with van der Waals surface area (Å²) in [4.78, 5) is 13.5. The molecule has 2 N–H and O–H groups in total. The van der Waals surface area contributed by atoms with E-state index in [-0.39, 0.29) is 5.82 Å². The molecule has 0 spiro atoms. The number of rotatable bonds is 3. The molecule has 6 heteroatoms. The summed E-state index contributed by atoms with van der Waals surface area (Å²) < 4.78 is 24.5. The van der Waals surface area contributed by atoms with Crippen LogP contribution < -0.4 is 15.4 Å². The quantitative estimate of drug-likeness (QED) is 0.805. The molecule has 0 aliphatic carbocycles. The number of anilines is 2. The van der Waals surface area contributed by atoms with Crippen molar-refractivity contribution in [3.8, 4) is 11.5 Å². The summed E-state index contributed by atoms with van der Waals surface area (Å²) in [5.74, 6) is 0.450. The molecule has 0 saturated carbocycles. The number of halogens is 1. The Kier molecular flexibility index (Phi) is 5.21. The number of hydrogen-bond donors (Lipinski definition) is 1. The van der Waals surface area contributed by atoms with Gasteiger partial charge in [-0.1, -0.05) is 6.07 Å². The fourth-order valence-electron chi connectivity index (χ4n) is 2.12. The molecule has 0 aliphatic rings.